The summed E-state index contributed by atoms with van der Waals surface area (Å²) >= 11 is 0. The zero-order valence-electron chi connectivity index (χ0n) is 13.7. The molecule has 0 aliphatic rings. The minimum absolute atomic E-state index is 0.0175. The van der Waals surface area contributed by atoms with E-state index < -0.39 is 35.4 Å². The average Bonchev–Trinajstić information content (AvgIpc) is 2.49. The SMILES string of the molecule is CC(C)(C)OC(=O)NCC(O)C(O)c1ccc([N+](=O)[O-])c(CO)c1. The van der Waals surface area contributed by atoms with Gasteiger partial charge in [0.1, 0.15) is 17.8 Å². The lowest BCUT2D eigenvalue weighted by atomic mass is 10.0. The Bertz CT molecular complexity index is 598. The molecule has 0 fully saturated rings. The first-order valence-corrected chi connectivity index (χ1v) is 7.26. The largest absolute Gasteiger partial charge is 0.444 e. The molecule has 0 aromatic heterocycles. The fourth-order valence-electron chi connectivity index (χ4n) is 1.93. The van der Waals surface area contributed by atoms with E-state index in [9.17, 15) is 30.2 Å². The molecule has 0 radical (unpaired) electrons. The number of amides is 1. The summed E-state index contributed by atoms with van der Waals surface area (Å²) in [6.45, 7) is 4.20. The lowest BCUT2D eigenvalue weighted by Crippen LogP contribution is -2.38. The summed E-state index contributed by atoms with van der Waals surface area (Å²) in [4.78, 5) is 21.7. The smallest absolute Gasteiger partial charge is 0.407 e. The summed E-state index contributed by atoms with van der Waals surface area (Å²) in [6, 6.07) is 3.65. The maximum absolute atomic E-state index is 11.5. The summed E-state index contributed by atoms with van der Waals surface area (Å²) in [7, 11) is 0. The number of hydrogen-bond acceptors (Lipinski definition) is 7. The van der Waals surface area contributed by atoms with Gasteiger partial charge in [0.05, 0.1) is 17.1 Å². The highest BCUT2D eigenvalue weighted by atomic mass is 16.6. The Balaban J connectivity index is 2.74. The normalized spacial score (nSPS) is 13.9. The molecule has 1 amide bonds. The quantitative estimate of drug-likeness (QED) is 0.446. The van der Waals surface area contributed by atoms with Gasteiger partial charge in [0.25, 0.3) is 5.69 Å². The molecule has 2 unspecified atom stereocenters. The van der Waals surface area contributed by atoms with Crippen LogP contribution in [0.15, 0.2) is 18.2 Å². The lowest BCUT2D eigenvalue weighted by molar-refractivity contribution is -0.385. The summed E-state index contributed by atoms with van der Waals surface area (Å²) in [5.74, 6) is 0. The van der Waals surface area contributed by atoms with E-state index in [0.29, 0.717) is 0 Å². The number of nitro groups is 1. The molecule has 4 N–H and O–H groups in total. The van der Waals surface area contributed by atoms with Crippen LogP contribution in [0.4, 0.5) is 10.5 Å². The highest BCUT2D eigenvalue weighted by Crippen LogP contribution is 2.25. The van der Waals surface area contributed by atoms with Crippen LogP contribution in [-0.2, 0) is 11.3 Å². The first kappa shape index (κ1) is 19.8. The average molecular weight is 342 g/mol. The van der Waals surface area contributed by atoms with Gasteiger partial charge in [-0.25, -0.2) is 4.79 Å². The third-order valence-electron chi connectivity index (χ3n) is 3.03. The predicted molar refractivity (Wildman–Crippen MR) is 84.2 cm³/mol. The number of benzene rings is 1. The van der Waals surface area contributed by atoms with Gasteiger partial charge in [0.15, 0.2) is 0 Å². The number of nitrogens with zero attached hydrogens (tertiary/aromatic N) is 1. The topological polar surface area (TPSA) is 142 Å². The molecule has 1 aromatic rings. The van der Waals surface area contributed by atoms with Gasteiger partial charge in [-0.1, -0.05) is 0 Å². The standard InChI is InChI=1S/C15H22N2O7/c1-15(2,3)24-14(21)16-7-12(19)13(20)9-4-5-11(17(22)23)10(6-9)8-18/h4-6,12-13,18-20H,7-8H2,1-3H3,(H,16,21). The highest BCUT2D eigenvalue weighted by molar-refractivity contribution is 5.67. The molecule has 24 heavy (non-hydrogen) atoms. The minimum Gasteiger partial charge on any atom is -0.444 e. The van der Waals surface area contributed by atoms with Crippen molar-refractivity contribution in [3.63, 3.8) is 0 Å². The number of carbonyl (C=O) groups excluding carboxylic acids is 1. The molecule has 1 aromatic carbocycles. The van der Waals surface area contributed by atoms with Crippen molar-refractivity contribution in [2.24, 2.45) is 0 Å². The number of ether oxygens (including phenoxy) is 1. The van der Waals surface area contributed by atoms with Crippen molar-refractivity contribution in [2.45, 2.75) is 45.2 Å². The van der Waals surface area contributed by atoms with Gasteiger partial charge >= 0.3 is 6.09 Å². The van der Waals surface area contributed by atoms with E-state index in [4.69, 9.17) is 4.74 Å². The molecular formula is C15H22N2O7. The molecule has 0 aliphatic carbocycles. The number of nitro benzene ring substituents is 1. The van der Waals surface area contributed by atoms with Gasteiger partial charge in [-0.3, -0.25) is 10.1 Å². The first-order valence-electron chi connectivity index (χ1n) is 7.26. The van der Waals surface area contributed by atoms with Gasteiger partial charge in [0, 0.05) is 12.6 Å². The molecule has 9 heteroatoms. The van der Waals surface area contributed by atoms with Crippen LogP contribution in [-0.4, -0.2) is 44.6 Å². The van der Waals surface area contributed by atoms with Crippen LogP contribution in [0.1, 0.15) is 38.0 Å². The van der Waals surface area contributed by atoms with Crippen LogP contribution in [0.3, 0.4) is 0 Å². The van der Waals surface area contributed by atoms with Crippen molar-refractivity contribution in [2.75, 3.05) is 6.54 Å². The fraction of sp³-hybridized carbons (Fsp3) is 0.533. The minimum atomic E-state index is -1.40. The van der Waals surface area contributed by atoms with Crippen LogP contribution < -0.4 is 5.32 Å². The van der Waals surface area contributed by atoms with Crippen molar-refractivity contribution >= 4 is 11.8 Å². The van der Waals surface area contributed by atoms with Crippen molar-refractivity contribution in [3.05, 3.63) is 39.4 Å². The van der Waals surface area contributed by atoms with Gasteiger partial charge in [-0.2, -0.15) is 0 Å². The summed E-state index contributed by atoms with van der Waals surface area (Å²) in [6.07, 6.45) is -3.50. The lowest BCUT2D eigenvalue weighted by Gasteiger charge is -2.22. The molecule has 0 saturated carbocycles. The zero-order valence-corrected chi connectivity index (χ0v) is 13.7. The van der Waals surface area contributed by atoms with Crippen LogP contribution in [0.5, 0.6) is 0 Å². The number of aliphatic hydroxyl groups excluding tert-OH is 3. The van der Waals surface area contributed by atoms with Crippen molar-refractivity contribution < 1.29 is 29.8 Å². The third-order valence-corrected chi connectivity index (χ3v) is 3.03. The summed E-state index contributed by atoms with van der Waals surface area (Å²) < 4.78 is 5.00. The molecule has 0 bridgehead atoms. The van der Waals surface area contributed by atoms with Crippen LogP contribution in [0, 0.1) is 10.1 Å². The molecule has 0 heterocycles. The maximum atomic E-state index is 11.5. The monoisotopic (exact) mass is 342 g/mol. The molecule has 1 rings (SSSR count). The summed E-state index contributed by atoms with van der Waals surface area (Å²) in [5.41, 5.74) is -0.774. The van der Waals surface area contributed by atoms with E-state index in [1.807, 2.05) is 0 Å². The molecule has 9 nitrogen and oxygen atoms in total. The number of carbonyl (C=O) groups is 1. The number of rotatable bonds is 6. The Hall–Kier alpha value is -2.23. The molecule has 2 atom stereocenters. The van der Waals surface area contributed by atoms with E-state index in [-0.39, 0.29) is 23.4 Å². The molecule has 134 valence electrons. The predicted octanol–water partition coefficient (Wildman–Crippen LogP) is 1.01. The first-order chi connectivity index (χ1) is 11.0. The second kappa shape index (κ2) is 8.04. The fourth-order valence-corrected chi connectivity index (χ4v) is 1.93. The zero-order chi connectivity index (χ0) is 18.5. The van der Waals surface area contributed by atoms with Crippen molar-refractivity contribution in [3.8, 4) is 0 Å². The van der Waals surface area contributed by atoms with Gasteiger partial charge in [-0.05, 0) is 38.5 Å². The molecular weight excluding hydrogens is 320 g/mol. The van der Waals surface area contributed by atoms with Crippen molar-refractivity contribution in [1.82, 2.24) is 5.32 Å². The van der Waals surface area contributed by atoms with E-state index in [2.05, 4.69) is 5.32 Å². The number of aliphatic hydroxyl groups is 3. The molecule has 0 aliphatic heterocycles. The van der Waals surface area contributed by atoms with E-state index in [0.717, 1.165) is 6.07 Å². The Labute approximate surface area is 139 Å². The van der Waals surface area contributed by atoms with E-state index in [1.165, 1.54) is 12.1 Å². The Kier molecular flexibility index (Phi) is 6.64. The van der Waals surface area contributed by atoms with E-state index >= 15 is 0 Å². The van der Waals surface area contributed by atoms with Crippen LogP contribution in [0.2, 0.25) is 0 Å². The second-order valence-corrected chi connectivity index (χ2v) is 6.20. The van der Waals surface area contributed by atoms with E-state index in [1.54, 1.807) is 20.8 Å². The van der Waals surface area contributed by atoms with Crippen LogP contribution >= 0.6 is 0 Å². The number of alkyl carbamates (subject to hydrolysis) is 1. The number of nitrogens with one attached hydrogen (secondary N) is 1. The Morgan fingerprint density at radius 3 is 2.50 bits per heavy atom. The van der Waals surface area contributed by atoms with Crippen molar-refractivity contribution in [1.29, 1.82) is 0 Å². The van der Waals surface area contributed by atoms with Gasteiger partial charge in [0.2, 0.25) is 0 Å². The van der Waals surface area contributed by atoms with Gasteiger partial charge < -0.3 is 25.4 Å². The third kappa shape index (κ3) is 5.76. The highest BCUT2D eigenvalue weighted by Gasteiger charge is 2.23. The Morgan fingerprint density at radius 1 is 1.38 bits per heavy atom. The molecule has 0 spiro atoms. The maximum Gasteiger partial charge on any atom is 0.407 e. The van der Waals surface area contributed by atoms with Gasteiger partial charge in [-0.15, -0.1) is 0 Å². The molecule has 0 saturated heterocycles. The Morgan fingerprint density at radius 2 is 2.00 bits per heavy atom. The summed E-state index contributed by atoms with van der Waals surface area (Å²) in [5, 5.41) is 42.3. The van der Waals surface area contributed by atoms with Crippen LogP contribution in [0.25, 0.3) is 0 Å². The number of hydrogen-bond donors (Lipinski definition) is 4. The second-order valence-electron chi connectivity index (χ2n) is 6.20.